The van der Waals surface area contributed by atoms with Gasteiger partial charge in [-0.05, 0) is 60.9 Å². The van der Waals surface area contributed by atoms with Gasteiger partial charge >= 0.3 is 0 Å². The van der Waals surface area contributed by atoms with Crippen molar-refractivity contribution >= 4 is 46.4 Å². The summed E-state index contributed by atoms with van der Waals surface area (Å²) in [7, 11) is 0. The Morgan fingerprint density at radius 3 is 2.48 bits per heavy atom. The van der Waals surface area contributed by atoms with Crippen LogP contribution >= 0.6 is 23.2 Å². The zero-order chi connectivity index (χ0) is 20.4. The molecule has 0 fully saturated rings. The molecule has 3 aromatic rings. The minimum Gasteiger partial charge on any atom is -0.322 e. The fourth-order valence-corrected chi connectivity index (χ4v) is 3.97. The van der Waals surface area contributed by atoms with Crippen molar-refractivity contribution in [3.8, 4) is 0 Å². The molecule has 1 N–H and O–H groups in total. The van der Waals surface area contributed by atoms with E-state index >= 15 is 0 Å². The van der Waals surface area contributed by atoms with Crippen molar-refractivity contribution in [2.75, 3.05) is 16.8 Å². The molecular weight excluding hydrogens is 407 g/mol. The normalized spacial score (nSPS) is 13.0. The van der Waals surface area contributed by atoms with Crippen molar-refractivity contribution in [2.45, 2.75) is 12.8 Å². The molecule has 0 saturated heterocycles. The molecule has 4 nitrogen and oxygen atoms in total. The van der Waals surface area contributed by atoms with Crippen molar-refractivity contribution < 1.29 is 9.59 Å². The van der Waals surface area contributed by atoms with Gasteiger partial charge in [-0.2, -0.15) is 0 Å². The number of halogens is 2. The highest BCUT2D eigenvalue weighted by molar-refractivity contribution is 6.37. The van der Waals surface area contributed by atoms with E-state index in [-0.39, 0.29) is 16.8 Å². The van der Waals surface area contributed by atoms with Crippen LogP contribution in [0.15, 0.2) is 66.7 Å². The lowest BCUT2D eigenvalue weighted by Gasteiger charge is -2.30. The summed E-state index contributed by atoms with van der Waals surface area (Å²) in [5.41, 5.74) is 3.49. The number of carbonyl (C=O) groups excluding carboxylic acids is 2. The van der Waals surface area contributed by atoms with Crippen LogP contribution in [0.3, 0.4) is 0 Å². The molecule has 0 spiro atoms. The first kappa shape index (κ1) is 19.5. The van der Waals surface area contributed by atoms with Gasteiger partial charge in [0.25, 0.3) is 11.8 Å². The van der Waals surface area contributed by atoms with Crippen LogP contribution in [0.25, 0.3) is 0 Å². The first-order chi connectivity index (χ1) is 14.0. The summed E-state index contributed by atoms with van der Waals surface area (Å²) in [6.07, 6.45) is 1.79. The number of hydrogen-bond donors (Lipinski definition) is 1. The van der Waals surface area contributed by atoms with E-state index in [9.17, 15) is 9.59 Å². The molecule has 2 amide bonds. The Labute approximate surface area is 179 Å². The summed E-state index contributed by atoms with van der Waals surface area (Å²) in [6, 6.07) is 19.6. The standard InChI is InChI=1S/C23H18Cl2N2O2/c24-17-9-11-19(20(25)13-17)22(28)26-18-10-8-15-7-4-12-27(21(15)14-18)23(29)16-5-2-1-3-6-16/h1-3,5-6,8-11,13-14H,4,7,12H2,(H,26,28). The molecule has 6 heteroatoms. The summed E-state index contributed by atoms with van der Waals surface area (Å²) < 4.78 is 0. The van der Waals surface area contributed by atoms with Gasteiger partial charge in [0.05, 0.1) is 10.6 Å². The van der Waals surface area contributed by atoms with E-state index in [0.29, 0.717) is 28.4 Å². The molecule has 0 saturated carbocycles. The molecule has 1 heterocycles. The lowest BCUT2D eigenvalue weighted by Crippen LogP contribution is -2.35. The Morgan fingerprint density at radius 2 is 1.72 bits per heavy atom. The fourth-order valence-electron chi connectivity index (χ4n) is 3.47. The highest BCUT2D eigenvalue weighted by Gasteiger charge is 2.24. The van der Waals surface area contributed by atoms with E-state index < -0.39 is 0 Å². The van der Waals surface area contributed by atoms with Crippen molar-refractivity contribution in [2.24, 2.45) is 0 Å². The SMILES string of the molecule is O=C(Nc1ccc2c(c1)N(C(=O)c1ccccc1)CCC2)c1ccc(Cl)cc1Cl. The van der Waals surface area contributed by atoms with Crippen LogP contribution in [-0.4, -0.2) is 18.4 Å². The third kappa shape index (κ3) is 4.14. The predicted octanol–water partition coefficient (Wildman–Crippen LogP) is 5.84. The average Bonchev–Trinajstić information content (AvgIpc) is 2.73. The summed E-state index contributed by atoms with van der Waals surface area (Å²) >= 11 is 12.0. The number of amides is 2. The highest BCUT2D eigenvalue weighted by atomic mass is 35.5. The Balaban J connectivity index is 1.61. The zero-order valence-corrected chi connectivity index (χ0v) is 17.0. The number of fused-ring (bicyclic) bond motifs is 1. The number of rotatable bonds is 3. The first-order valence-electron chi connectivity index (χ1n) is 9.29. The van der Waals surface area contributed by atoms with Gasteiger partial charge in [-0.25, -0.2) is 0 Å². The summed E-state index contributed by atoms with van der Waals surface area (Å²) in [6.45, 7) is 0.640. The molecular formula is C23H18Cl2N2O2. The minimum absolute atomic E-state index is 0.0456. The second-order valence-electron chi connectivity index (χ2n) is 6.85. The largest absolute Gasteiger partial charge is 0.322 e. The third-order valence-electron chi connectivity index (χ3n) is 4.90. The third-order valence-corrected chi connectivity index (χ3v) is 5.45. The molecule has 0 radical (unpaired) electrons. The van der Waals surface area contributed by atoms with E-state index in [1.54, 1.807) is 17.0 Å². The molecule has 146 valence electrons. The van der Waals surface area contributed by atoms with E-state index in [0.717, 1.165) is 24.1 Å². The minimum atomic E-state index is -0.330. The highest BCUT2D eigenvalue weighted by Crippen LogP contribution is 2.32. The number of nitrogens with zero attached hydrogens (tertiary/aromatic N) is 1. The van der Waals surface area contributed by atoms with Gasteiger partial charge in [0.15, 0.2) is 0 Å². The van der Waals surface area contributed by atoms with E-state index in [1.165, 1.54) is 6.07 Å². The first-order valence-corrected chi connectivity index (χ1v) is 10.0. The fraction of sp³-hybridized carbons (Fsp3) is 0.130. The zero-order valence-electron chi connectivity index (χ0n) is 15.5. The number of benzene rings is 3. The van der Waals surface area contributed by atoms with Gasteiger partial charge in [0.2, 0.25) is 0 Å². The molecule has 29 heavy (non-hydrogen) atoms. The van der Waals surface area contributed by atoms with Crippen molar-refractivity contribution in [1.29, 1.82) is 0 Å². The van der Waals surface area contributed by atoms with Crippen molar-refractivity contribution in [3.05, 3.63) is 93.5 Å². The van der Waals surface area contributed by atoms with Crippen LogP contribution in [0.4, 0.5) is 11.4 Å². The lowest BCUT2D eigenvalue weighted by atomic mass is 10.00. The second kappa shape index (κ2) is 8.27. The van der Waals surface area contributed by atoms with Gasteiger partial charge in [0.1, 0.15) is 0 Å². The number of hydrogen-bond acceptors (Lipinski definition) is 2. The van der Waals surface area contributed by atoms with E-state index in [4.69, 9.17) is 23.2 Å². The van der Waals surface area contributed by atoms with Gasteiger partial charge < -0.3 is 10.2 Å². The van der Waals surface area contributed by atoms with Gasteiger partial charge in [-0.1, -0.05) is 47.5 Å². The Bertz CT molecular complexity index is 1080. The summed E-state index contributed by atoms with van der Waals surface area (Å²) in [4.78, 5) is 27.4. The summed E-state index contributed by atoms with van der Waals surface area (Å²) in [5, 5.41) is 3.62. The quantitative estimate of drug-likeness (QED) is 0.573. The molecule has 3 aromatic carbocycles. The summed E-state index contributed by atoms with van der Waals surface area (Å²) in [5.74, 6) is -0.376. The van der Waals surface area contributed by atoms with E-state index in [2.05, 4.69) is 5.32 Å². The second-order valence-corrected chi connectivity index (χ2v) is 7.69. The number of nitrogens with one attached hydrogen (secondary N) is 1. The van der Waals surface area contributed by atoms with E-state index in [1.807, 2.05) is 48.5 Å². The predicted molar refractivity (Wildman–Crippen MR) is 117 cm³/mol. The molecule has 4 rings (SSSR count). The van der Waals surface area contributed by atoms with Crippen LogP contribution in [0, 0.1) is 0 Å². The average molecular weight is 425 g/mol. The molecule has 0 atom stereocenters. The van der Waals surface area contributed by atoms with Crippen LogP contribution in [-0.2, 0) is 6.42 Å². The van der Waals surface area contributed by atoms with Crippen LogP contribution in [0.2, 0.25) is 10.0 Å². The molecule has 0 bridgehead atoms. The Morgan fingerprint density at radius 1 is 0.931 bits per heavy atom. The van der Waals surface area contributed by atoms with Crippen LogP contribution in [0.1, 0.15) is 32.7 Å². The monoisotopic (exact) mass is 424 g/mol. The van der Waals surface area contributed by atoms with Crippen LogP contribution in [0.5, 0.6) is 0 Å². The van der Waals surface area contributed by atoms with Crippen molar-refractivity contribution in [1.82, 2.24) is 0 Å². The smallest absolute Gasteiger partial charge is 0.258 e. The Hall–Kier alpha value is -2.82. The van der Waals surface area contributed by atoms with Crippen molar-refractivity contribution in [3.63, 3.8) is 0 Å². The Kier molecular flexibility index (Phi) is 5.56. The van der Waals surface area contributed by atoms with Gasteiger partial charge in [-0.15, -0.1) is 0 Å². The molecule has 1 aliphatic heterocycles. The molecule has 0 unspecified atom stereocenters. The topological polar surface area (TPSA) is 49.4 Å². The molecule has 0 aromatic heterocycles. The number of anilines is 2. The molecule has 0 aliphatic carbocycles. The number of carbonyl (C=O) groups is 2. The molecule has 1 aliphatic rings. The maximum Gasteiger partial charge on any atom is 0.258 e. The number of aryl methyl sites for hydroxylation is 1. The van der Waals surface area contributed by atoms with Crippen LogP contribution < -0.4 is 10.2 Å². The van der Waals surface area contributed by atoms with Gasteiger partial charge in [0, 0.05) is 28.5 Å². The van der Waals surface area contributed by atoms with Gasteiger partial charge in [-0.3, -0.25) is 9.59 Å². The maximum atomic E-state index is 13.0. The lowest BCUT2D eigenvalue weighted by molar-refractivity contribution is 0.0984. The maximum absolute atomic E-state index is 13.0.